The molecule has 0 unspecified atom stereocenters. The van der Waals surface area contributed by atoms with Gasteiger partial charge in [-0.25, -0.2) is 0 Å². The summed E-state index contributed by atoms with van der Waals surface area (Å²) in [5.74, 6) is 1.22. The van der Waals surface area contributed by atoms with Crippen LogP contribution in [0.3, 0.4) is 0 Å². The Morgan fingerprint density at radius 2 is 2.15 bits per heavy atom. The van der Waals surface area contributed by atoms with Gasteiger partial charge in [0.1, 0.15) is 0 Å². The smallest absolute Gasteiger partial charge is 0.278 e. The van der Waals surface area contributed by atoms with Crippen LogP contribution in [0.25, 0.3) is 11.6 Å². The molecule has 0 amide bonds. The van der Waals surface area contributed by atoms with Gasteiger partial charge in [-0.15, -0.1) is 0 Å². The third kappa shape index (κ3) is 2.28. The van der Waals surface area contributed by atoms with Gasteiger partial charge in [0.05, 0.1) is 0 Å². The quantitative estimate of drug-likeness (QED) is 0.868. The molecule has 0 bridgehead atoms. The molecule has 0 aliphatic heterocycles. The summed E-state index contributed by atoms with van der Waals surface area (Å²) in [5, 5.41) is 11.2. The van der Waals surface area contributed by atoms with E-state index in [1.807, 2.05) is 13.0 Å². The zero-order valence-electron chi connectivity index (χ0n) is 12.2. The van der Waals surface area contributed by atoms with E-state index >= 15 is 0 Å². The van der Waals surface area contributed by atoms with E-state index in [1.54, 1.807) is 0 Å². The number of hydrogen-bond donors (Lipinski definition) is 1. The Balaban J connectivity index is 1.91. The molecule has 1 aliphatic rings. The molecule has 5 nitrogen and oxygen atoms in total. The van der Waals surface area contributed by atoms with Crippen molar-refractivity contribution in [2.24, 2.45) is 0 Å². The van der Waals surface area contributed by atoms with Crippen molar-refractivity contribution in [1.29, 1.82) is 0 Å². The van der Waals surface area contributed by atoms with Crippen LogP contribution in [0.2, 0.25) is 0 Å². The molecule has 3 rings (SSSR count). The maximum absolute atomic E-state index is 5.37. The van der Waals surface area contributed by atoms with Crippen LogP contribution in [0.15, 0.2) is 22.2 Å². The first-order valence-corrected chi connectivity index (χ1v) is 7.13. The Morgan fingerprint density at radius 3 is 2.80 bits per heavy atom. The SMILES string of the molecule is Cc1cc(-c2nc(C(C)(C)C3=CCCCC3)no2)n[nH]1. The van der Waals surface area contributed by atoms with Crippen LogP contribution in [0.5, 0.6) is 0 Å². The Kier molecular flexibility index (Phi) is 3.20. The van der Waals surface area contributed by atoms with Crippen molar-refractivity contribution in [3.05, 3.63) is 29.2 Å². The van der Waals surface area contributed by atoms with Crippen LogP contribution in [0.1, 0.15) is 51.0 Å². The van der Waals surface area contributed by atoms with Crippen molar-refractivity contribution in [2.45, 2.75) is 51.9 Å². The second kappa shape index (κ2) is 4.89. The van der Waals surface area contributed by atoms with Gasteiger partial charge in [0.2, 0.25) is 0 Å². The molecular formula is C15H20N4O. The third-order valence-electron chi connectivity index (χ3n) is 4.00. The molecule has 106 valence electrons. The summed E-state index contributed by atoms with van der Waals surface area (Å²) < 4.78 is 5.37. The zero-order valence-corrected chi connectivity index (χ0v) is 12.2. The number of aromatic nitrogens is 4. The van der Waals surface area contributed by atoms with E-state index < -0.39 is 0 Å². The predicted molar refractivity (Wildman–Crippen MR) is 76.2 cm³/mol. The molecule has 0 saturated heterocycles. The van der Waals surface area contributed by atoms with Crippen molar-refractivity contribution in [2.75, 3.05) is 0 Å². The first kappa shape index (κ1) is 13.1. The highest BCUT2D eigenvalue weighted by Crippen LogP contribution is 2.36. The summed E-state index contributed by atoms with van der Waals surface area (Å²) in [6.07, 6.45) is 7.14. The van der Waals surface area contributed by atoms with Crippen LogP contribution in [-0.4, -0.2) is 20.3 Å². The van der Waals surface area contributed by atoms with Gasteiger partial charge in [0.15, 0.2) is 11.5 Å². The molecule has 0 spiro atoms. The highest BCUT2D eigenvalue weighted by atomic mass is 16.5. The monoisotopic (exact) mass is 272 g/mol. The number of allylic oxidation sites excluding steroid dienone is 2. The summed E-state index contributed by atoms with van der Waals surface area (Å²) in [6.45, 7) is 6.27. The fourth-order valence-corrected chi connectivity index (χ4v) is 2.66. The first-order chi connectivity index (χ1) is 9.57. The van der Waals surface area contributed by atoms with Crippen LogP contribution in [0.4, 0.5) is 0 Å². The molecule has 2 heterocycles. The van der Waals surface area contributed by atoms with Gasteiger partial charge in [-0.2, -0.15) is 10.1 Å². The highest BCUT2D eigenvalue weighted by molar-refractivity contribution is 5.47. The average Bonchev–Trinajstić information content (AvgIpc) is 3.08. The van der Waals surface area contributed by atoms with Gasteiger partial charge in [-0.1, -0.05) is 16.8 Å². The van der Waals surface area contributed by atoms with Crippen molar-refractivity contribution in [3.8, 4) is 11.6 Å². The number of aromatic amines is 1. The molecule has 2 aromatic rings. The summed E-state index contributed by atoms with van der Waals surface area (Å²) in [6, 6.07) is 1.91. The van der Waals surface area contributed by atoms with Crippen LogP contribution in [-0.2, 0) is 5.41 Å². The van der Waals surface area contributed by atoms with E-state index in [0.29, 0.717) is 11.6 Å². The maximum atomic E-state index is 5.37. The number of nitrogens with zero attached hydrogens (tertiary/aromatic N) is 3. The number of aryl methyl sites for hydroxylation is 1. The Hall–Kier alpha value is -1.91. The van der Waals surface area contributed by atoms with Gasteiger partial charge in [0.25, 0.3) is 5.89 Å². The van der Waals surface area contributed by atoms with Crippen molar-refractivity contribution < 1.29 is 4.52 Å². The lowest BCUT2D eigenvalue weighted by molar-refractivity contribution is 0.401. The van der Waals surface area contributed by atoms with Gasteiger partial charge in [-0.3, -0.25) is 5.10 Å². The minimum Gasteiger partial charge on any atom is -0.332 e. The van der Waals surface area contributed by atoms with E-state index in [-0.39, 0.29) is 5.41 Å². The lowest BCUT2D eigenvalue weighted by atomic mass is 9.78. The molecule has 1 N–H and O–H groups in total. The maximum Gasteiger partial charge on any atom is 0.278 e. The van der Waals surface area contributed by atoms with E-state index in [2.05, 4.69) is 40.3 Å². The van der Waals surface area contributed by atoms with Gasteiger partial charge in [-0.05, 0) is 52.5 Å². The molecule has 20 heavy (non-hydrogen) atoms. The van der Waals surface area contributed by atoms with Crippen LogP contribution in [0, 0.1) is 6.92 Å². The van der Waals surface area contributed by atoms with Crippen LogP contribution >= 0.6 is 0 Å². The zero-order chi connectivity index (χ0) is 14.2. The summed E-state index contributed by atoms with van der Waals surface area (Å²) in [7, 11) is 0. The molecule has 0 radical (unpaired) electrons. The second-order valence-electron chi connectivity index (χ2n) is 5.96. The van der Waals surface area contributed by atoms with Crippen molar-refractivity contribution in [1.82, 2.24) is 20.3 Å². The minimum absolute atomic E-state index is 0.173. The Morgan fingerprint density at radius 1 is 1.30 bits per heavy atom. The van der Waals surface area contributed by atoms with E-state index in [4.69, 9.17) is 4.52 Å². The molecule has 0 aromatic carbocycles. The first-order valence-electron chi connectivity index (χ1n) is 7.13. The molecule has 0 saturated carbocycles. The lowest BCUT2D eigenvalue weighted by Gasteiger charge is -2.27. The Bertz CT molecular complexity index is 636. The van der Waals surface area contributed by atoms with Gasteiger partial charge < -0.3 is 4.52 Å². The molecule has 5 heteroatoms. The predicted octanol–water partition coefficient (Wildman–Crippen LogP) is 3.55. The minimum atomic E-state index is -0.173. The Labute approximate surface area is 118 Å². The van der Waals surface area contributed by atoms with E-state index in [9.17, 15) is 0 Å². The molecule has 0 atom stereocenters. The largest absolute Gasteiger partial charge is 0.332 e. The van der Waals surface area contributed by atoms with Gasteiger partial charge in [0, 0.05) is 11.1 Å². The standard InChI is InChI=1S/C15H20N4O/c1-10-9-12(18-17-10)13-16-14(19-20-13)15(2,3)11-7-5-4-6-8-11/h7,9H,4-6,8H2,1-3H3,(H,17,18). The normalized spacial score (nSPS) is 16.2. The molecule has 2 aromatic heterocycles. The highest BCUT2D eigenvalue weighted by Gasteiger charge is 2.31. The molecule has 1 aliphatic carbocycles. The number of nitrogens with one attached hydrogen (secondary N) is 1. The second-order valence-corrected chi connectivity index (χ2v) is 5.96. The summed E-state index contributed by atoms with van der Waals surface area (Å²) in [5.41, 5.74) is 2.92. The van der Waals surface area contributed by atoms with E-state index in [1.165, 1.54) is 18.4 Å². The lowest BCUT2D eigenvalue weighted by Crippen LogP contribution is -2.23. The van der Waals surface area contributed by atoms with E-state index in [0.717, 1.165) is 24.4 Å². The molecule has 0 fully saturated rings. The topological polar surface area (TPSA) is 67.6 Å². The van der Waals surface area contributed by atoms with Crippen molar-refractivity contribution >= 4 is 0 Å². The summed E-state index contributed by atoms with van der Waals surface area (Å²) in [4.78, 5) is 4.54. The number of rotatable bonds is 3. The van der Waals surface area contributed by atoms with Gasteiger partial charge >= 0.3 is 0 Å². The number of H-pyrrole nitrogens is 1. The fourth-order valence-electron chi connectivity index (χ4n) is 2.66. The number of hydrogen-bond acceptors (Lipinski definition) is 4. The average molecular weight is 272 g/mol. The van der Waals surface area contributed by atoms with Crippen LogP contribution < -0.4 is 0 Å². The van der Waals surface area contributed by atoms with Crippen molar-refractivity contribution in [3.63, 3.8) is 0 Å². The molecular weight excluding hydrogens is 252 g/mol. The third-order valence-corrected chi connectivity index (χ3v) is 4.00. The fraction of sp³-hybridized carbons (Fsp3) is 0.533. The summed E-state index contributed by atoms with van der Waals surface area (Å²) >= 11 is 0.